The molecule has 0 amide bonds. The molecule has 8 heteroatoms. The summed E-state index contributed by atoms with van der Waals surface area (Å²) in [5.74, 6) is -1.04. The van der Waals surface area contributed by atoms with Crippen molar-refractivity contribution in [3.05, 3.63) is 65.2 Å². The molecule has 0 aromatic heterocycles. The normalized spacial score (nSPS) is 18.7. The third kappa shape index (κ3) is 6.50. The Balaban J connectivity index is 0.000000293. The van der Waals surface area contributed by atoms with Crippen LogP contribution >= 0.6 is 23.4 Å². The second-order valence-electron chi connectivity index (χ2n) is 7.42. The van der Waals surface area contributed by atoms with Gasteiger partial charge in [-0.25, -0.2) is 9.59 Å². The Labute approximate surface area is 190 Å². The van der Waals surface area contributed by atoms with Crippen LogP contribution in [0.5, 0.6) is 5.75 Å². The fourth-order valence-electron chi connectivity index (χ4n) is 3.61. The third-order valence-corrected chi connectivity index (χ3v) is 6.55. The Morgan fingerprint density at radius 1 is 1.06 bits per heavy atom. The molecule has 4 rings (SSSR count). The number of benzene rings is 2. The fourth-order valence-corrected chi connectivity index (χ4v) is 4.80. The summed E-state index contributed by atoms with van der Waals surface area (Å²) in [5, 5.41) is 16.4. The number of nitrogens with zero attached hydrogens (tertiary/aromatic N) is 1. The van der Waals surface area contributed by atoms with Crippen LogP contribution in [-0.2, 0) is 9.59 Å². The zero-order valence-corrected chi connectivity index (χ0v) is 18.6. The minimum absolute atomic E-state index is 0.118. The molecule has 1 atom stereocenters. The lowest BCUT2D eigenvalue weighted by molar-refractivity contribution is -0.134. The van der Waals surface area contributed by atoms with Crippen LogP contribution in [0.1, 0.15) is 24.5 Å². The van der Waals surface area contributed by atoms with Crippen molar-refractivity contribution in [2.24, 2.45) is 5.92 Å². The van der Waals surface area contributed by atoms with Crippen LogP contribution in [0, 0.1) is 5.92 Å². The smallest absolute Gasteiger partial charge is 0.328 e. The summed E-state index contributed by atoms with van der Waals surface area (Å²) in [4.78, 5) is 24.0. The fraction of sp³-hybridized carbons (Fsp3) is 0.304. The monoisotopic (exact) mass is 461 g/mol. The summed E-state index contributed by atoms with van der Waals surface area (Å²) in [6, 6.07) is 14.6. The number of piperidine rings is 1. The third-order valence-electron chi connectivity index (χ3n) is 5.17. The highest BCUT2D eigenvalue weighted by Gasteiger charge is 2.32. The highest BCUT2D eigenvalue weighted by atomic mass is 35.5. The van der Waals surface area contributed by atoms with E-state index in [1.807, 2.05) is 12.1 Å². The van der Waals surface area contributed by atoms with Gasteiger partial charge in [0.15, 0.2) is 0 Å². The molecule has 1 saturated heterocycles. The molecule has 2 aliphatic heterocycles. The first-order valence-electron chi connectivity index (χ1n) is 9.89. The highest BCUT2D eigenvalue weighted by molar-refractivity contribution is 7.99. The second kappa shape index (κ2) is 10.7. The molecule has 2 N–H and O–H groups in total. The van der Waals surface area contributed by atoms with Crippen molar-refractivity contribution in [2.45, 2.75) is 28.7 Å². The number of aliphatic carboxylic acids is 2. The molecule has 0 aliphatic carbocycles. The van der Waals surface area contributed by atoms with E-state index in [4.69, 9.17) is 26.6 Å². The molecular formula is C23H24ClNO5S. The number of rotatable bonds is 3. The van der Waals surface area contributed by atoms with Gasteiger partial charge in [-0.05, 0) is 57.2 Å². The number of ether oxygens (including phenoxy) is 1. The van der Waals surface area contributed by atoms with Crippen LogP contribution in [0.25, 0.3) is 0 Å². The van der Waals surface area contributed by atoms with Crippen molar-refractivity contribution in [3.8, 4) is 5.75 Å². The number of fused-ring (bicyclic) bond motifs is 2. The van der Waals surface area contributed by atoms with Crippen LogP contribution in [0.15, 0.2) is 64.4 Å². The maximum Gasteiger partial charge on any atom is 0.328 e. The van der Waals surface area contributed by atoms with Crippen molar-refractivity contribution in [2.75, 3.05) is 20.1 Å². The van der Waals surface area contributed by atoms with Gasteiger partial charge in [-0.15, -0.1) is 0 Å². The van der Waals surface area contributed by atoms with Crippen LogP contribution in [0.3, 0.4) is 0 Å². The van der Waals surface area contributed by atoms with Gasteiger partial charge in [0.25, 0.3) is 0 Å². The van der Waals surface area contributed by atoms with Gasteiger partial charge in [0.2, 0.25) is 0 Å². The van der Waals surface area contributed by atoms with Gasteiger partial charge in [0, 0.05) is 33.6 Å². The van der Waals surface area contributed by atoms with E-state index in [1.165, 1.54) is 23.3 Å². The number of halogens is 1. The highest BCUT2D eigenvalue weighted by Crippen LogP contribution is 2.47. The van der Waals surface area contributed by atoms with E-state index in [2.05, 4.69) is 42.3 Å². The minimum Gasteiger partial charge on any atom is -0.484 e. The molecule has 1 fully saturated rings. The Morgan fingerprint density at radius 2 is 1.71 bits per heavy atom. The first kappa shape index (κ1) is 23.2. The molecule has 2 aromatic rings. The minimum atomic E-state index is -1.26. The molecule has 2 aliphatic rings. The second-order valence-corrected chi connectivity index (χ2v) is 8.94. The topological polar surface area (TPSA) is 87.1 Å². The maximum atomic E-state index is 9.55. The SMILES string of the molecule is CN1CCC(C2Oc3cc(Cl)ccc3Sc3ccccc32)CC1.O=C(O)/C=C\C(=O)O. The number of likely N-dealkylation sites (tertiary alicyclic amines) is 1. The summed E-state index contributed by atoms with van der Waals surface area (Å²) in [5.41, 5.74) is 1.32. The Kier molecular flexibility index (Phi) is 8.01. The van der Waals surface area contributed by atoms with Crippen LogP contribution < -0.4 is 4.74 Å². The predicted octanol–water partition coefficient (Wildman–Crippen LogP) is 4.98. The zero-order chi connectivity index (χ0) is 22.4. The summed E-state index contributed by atoms with van der Waals surface area (Å²) in [6.45, 7) is 2.28. The maximum absolute atomic E-state index is 9.55. The van der Waals surface area contributed by atoms with E-state index in [0.29, 0.717) is 18.1 Å². The van der Waals surface area contributed by atoms with Gasteiger partial charge in [0.05, 0.1) is 4.90 Å². The van der Waals surface area contributed by atoms with Gasteiger partial charge in [-0.3, -0.25) is 0 Å². The van der Waals surface area contributed by atoms with Gasteiger partial charge in [-0.1, -0.05) is 41.6 Å². The summed E-state index contributed by atoms with van der Waals surface area (Å²) in [7, 11) is 2.20. The average Bonchev–Trinajstić information content (AvgIpc) is 2.90. The number of hydrogen-bond acceptors (Lipinski definition) is 5. The summed E-state index contributed by atoms with van der Waals surface area (Å²) in [6.07, 6.45) is 3.59. The molecule has 0 spiro atoms. The van der Waals surface area contributed by atoms with Crippen molar-refractivity contribution in [3.63, 3.8) is 0 Å². The molecular weight excluding hydrogens is 438 g/mol. The lowest BCUT2D eigenvalue weighted by Crippen LogP contribution is -2.34. The number of carboxylic acid groups (broad SMARTS) is 2. The number of carbonyl (C=O) groups is 2. The standard InChI is InChI=1S/C19H20ClNOS.C4H4O4/c1-21-10-8-13(9-11-21)19-15-4-2-3-5-17(15)23-18-7-6-14(20)12-16(18)22-19;5-3(6)1-2-4(7)8/h2-7,12-13,19H,8-11H2,1H3;1-2H,(H,5,6)(H,7,8)/b;2-1-. The van der Waals surface area contributed by atoms with E-state index in [-0.39, 0.29) is 6.10 Å². The molecule has 2 heterocycles. The molecule has 31 heavy (non-hydrogen) atoms. The Hall–Kier alpha value is -2.48. The molecule has 2 aromatic carbocycles. The largest absolute Gasteiger partial charge is 0.484 e. The van der Waals surface area contributed by atoms with Gasteiger partial charge >= 0.3 is 11.9 Å². The van der Waals surface area contributed by atoms with Crippen molar-refractivity contribution < 1.29 is 24.5 Å². The Morgan fingerprint density at radius 3 is 2.35 bits per heavy atom. The molecule has 6 nitrogen and oxygen atoms in total. The van der Waals surface area contributed by atoms with Gasteiger partial charge in [-0.2, -0.15) is 0 Å². The number of hydrogen-bond donors (Lipinski definition) is 2. The van der Waals surface area contributed by atoms with E-state index in [0.717, 1.165) is 28.8 Å². The Bertz CT molecular complexity index is 956. The van der Waals surface area contributed by atoms with Crippen molar-refractivity contribution >= 4 is 35.3 Å². The lowest BCUT2D eigenvalue weighted by atomic mass is 9.87. The molecule has 0 radical (unpaired) electrons. The van der Waals surface area contributed by atoms with Gasteiger partial charge < -0.3 is 19.8 Å². The number of carboxylic acids is 2. The average molecular weight is 462 g/mol. The lowest BCUT2D eigenvalue weighted by Gasteiger charge is -2.34. The molecule has 164 valence electrons. The van der Waals surface area contributed by atoms with Crippen molar-refractivity contribution in [1.82, 2.24) is 4.90 Å². The summed E-state index contributed by atoms with van der Waals surface area (Å²) >= 11 is 7.98. The van der Waals surface area contributed by atoms with E-state index < -0.39 is 11.9 Å². The van der Waals surface area contributed by atoms with Crippen molar-refractivity contribution in [1.29, 1.82) is 0 Å². The van der Waals surface area contributed by atoms with E-state index in [1.54, 1.807) is 11.8 Å². The van der Waals surface area contributed by atoms with Crippen LogP contribution in [0.4, 0.5) is 0 Å². The quantitative estimate of drug-likeness (QED) is 0.623. The first-order chi connectivity index (χ1) is 14.8. The first-order valence-corrected chi connectivity index (χ1v) is 11.1. The van der Waals surface area contributed by atoms with Crippen LogP contribution in [-0.4, -0.2) is 47.2 Å². The zero-order valence-electron chi connectivity index (χ0n) is 17.0. The van der Waals surface area contributed by atoms with E-state index in [9.17, 15) is 9.59 Å². The summed E-state index contributed by atoms with van der Waals surface area (Å²) < 4.78 is 6.52. The van der Waals surface area contributed by atoms with Gasteiger partial charge in [0.1, 0.15) is 11.9 Å². The van der Waals surface area contributed by atoms with Crippen LogP contribution in [0.2, 0.25) is 5.02 Å². The molecule has 1 unspecified atom stereocenters. The molecule has 0 saturated carbocycles. The predicted molar refractivity (Wildman–Crippen MR) is 120 cm³/mol. The molecule has 0 bridgehead atoms. The van der Waals surface area contributed by atoms with E-state index >= 15 is 0 Å².